The highest BCUT2D eigenvalue weighted by Gasteiger charge is 2.26. The molecule has 0 saturated carbocycles. The number of hydrogen-bond donors (Lipinski definition) is 4. The quantitative estimate of drug-likeness (QED) is 0.252. The fourth-order valence-electron chi connectivity index (χ4n) is 2.27. The van der Waals surface area contributed by atoms with Gasteiger partial charge in [0.05, 0.1) is 13.2 Å². The molecular weight excluding hydrogens is 356 g/mol. The van der Waals surface area contributed by atoms with Crippen molar-refractivity contribution in [2.45, 2.75) is 38.5 Å². The number of aliphatic hydroxyl groups excluding tert-OH is 2. The van der Waals surface area contributed by atoms with Gasteiger partial charge in [-0.05, 0) is 29.1 Å². The molecule has 0 heterocycles. The summed E-state index contributed by atoms with van der Waals surface area (Å²) in [5.41, 5.74) is 9.19. The van der Waals surface area contributed by atoms with Crippen LogP contribution in [0.15, 0.2) is 29.4 Å². The number of hydrogen-bond acceptors (Lipinski definition) is 6. The number of ether oxygens (including phenoxy) is 1. The molecule has 10 nitrogen and oxygen atoms in total. The van der Waals surface area contributed by atoms with Gasteiger partial charge < -0.3 is 25.4 Å². The van der Waals surface area contributed by atoms with Crippen LogP contribution in [0, 0.1) is 5.92 Å². The summed E-state index contributed by atoms with van der Waals surface area (Å²) in [5, 5.41) is 33.2. The van der Waals surface area contributed by atoms with Gasteiger partial charge in [0, 0.05) is 11.3 Å². The van der Waals surface area contributed by atoms with E-state index in [4.69, 9.17) is 20.5 Å². The van der Waals surface area contributed by atoms with Crippen LogP contribution in [0.2, 0.25) is 0 Å². The highest BCUT2D eigenvalue weighted by molar-refractivity contribution is 5.87. The van der Waals surface area contributed by atoms with Gasteiger partial charge in [0.25, 0.3) is 0 Å². The molecule has 27 heavy (non-hydrogen) atoms. The number of carboxylic acid groups (broad SMARTS) is 1. The first-order valence-corrected chi connectivity index (χ1v) is 8.37. The van der Waals surface area contributed by atoms with E-state index in [0.29, 0.717) is 11.3 Å². The first-order chi connectivity index (χ1) is 12.8. The molecule has 0 radical (unpaired) electrons. The molecule has 0 fully saturated rings. The van der Waals surface area contributed by atoms with Crippen molar-refractivity contribution in [3.05, 3.63) is 40.3 Å². The van der Waals surface area contributed by atoms with Gasteiger partial charge in [0.15, 0.2) is 0 Å². The average Bonchev–Trinajstić information content (AvgIpc) is 2.64. The molecule has 0 aliphatic heterocycles. The summed E-state index contributed by atoms with van der Waals surface area (Å²) < 4.78 is 5.34. The van der Waals surface area contributed by atoms with Crippen LogP contribution >= 0.6 is 0 Å². The van der Waals surface area contributed by atoms with E-state index in [-0.39, 0.29) is 25.6 Å². The predicted molar refractivity (Wildman–Crippen MR) is 96.1 cm³/mol. The number of nitrogens with zero attached hydrogens (tertiary/aromatic N) is 3. The first-order valence-electron chi connectivity index (χ1n) is 8.37. The molecule has 1 aromatic carbocycles. The van der Waals surface area contributed by atoms with E-state index in [1.54, 1.807) is 38.1 Å². The molecule has 1 aromatic rings. The number of carbonyl (C=O) groups is 2. The Morgan fingerprint density at radius 1 is 1.22 bits per heavy atom. The Bertz CT molecular complexity index is 669. The second-order valence-corrected chi connectivity index (χ2v) is 6.25. The van der Waals surface area contributed by atoms with E-state index < -0.39 is 30.1 Å². The van der Waals surface area contributed by atoms with Gasteiger partial charge in [-0.25, -0.2) is 4.79 Å². The third kappa shape index (κ3) is 7.14. The van der Waals surface area contributed by atoms with E-state index in [1.165, 1.54) is 0 Å². The number of nitrogens with one attached hydrogen (secondary N) is 1. The summed E-state index contributed by atoms with van der Waals surface area (Å²) in [7, 11) is 0. The molecule has 0 saturated heterocycles. The van der Waals surface area contributed by atoms with Crippen molar-refractivity contribution in [3.63, 3.8) is 0 Å². The maximum atomic E-state index is 12.2. The number of aliphatic hydroxyl groups is 2. The minimum Gasteiger partial charge on any atom is -0.486 e. The molecule has 0 bridgehead atoms. The summed E-state index contributed by atoms with van der Waals surface area (Å²) in [4.78, 5) is 26.3. The number of amides is 1. The molecule has 1 amide bonds. The third-order valence-corrected chi connectivity index (χ3v) is 3.76. The van der Waals surface area contributed by atoms with Gasteiger partial charge in [-0.1, -0.05) is 31.1 Å². The van der Waals surface area contributed by atoms with Crippen molar-refractivity contribution in [1.82, 2.24) is 5.32 Å². The van der Waals surface area contributed by atoms with Crippen LogP contribution < -0.4 is 10.1 Å². The fourth-order valence-corrected chi connectivity index (χ4v) is 2.27. The van der Waals surface area contributed by atoms with E-state index in [9.17, 15) is 14.7 Å². The van der Waals surface area contributed by atoms with Crippen molar-refractivity contribution >= 4 is 11.9 Å². The molecule has 4 N–H and O–H groups in total. The Morgan fingerprint density at radius 3 is 2.26 bits per heavy atom. The number of carboxylic acids is 1. The number of benzene rings is 1. The number of carbonyl (C=O) groups excluding carboxylic acids is 1. The van der Waals surface area contributed by atoms with Gasteiger partial charge in [-0.15, -0.1) is 0 Å². The second kappa shape index (κ2) is 11.0. The molecule has 0 spiro atoms. The summed E-state index contributed by atoms with van der Waals surface area (Å²) in [5.74, 6) is -1.74. The third-order valence-electron chi connectivity index (χ3n) is 3.76. The standard InChI is InChI=1S/C17H24N4O6/c1-10(2)15(20-21-18)16(24)19-14(17(25)26)7-11-3-5-12(6-4-11)27-13(8-22)9-23/h3-6,10,13-15,22-23H,7-9H2,1-2H3,(H,19,24)(H,25,26)/t14?,15-/m0/s1. The highest BCUT2D eigenvalue weighted by atomic mass is 16.5. The Hall–Kier alpha value is -2.81. The number of azide groups is 1. The molecule has 148 valence electrons. The summed E-state index contributed by atoms with van der Waals surface area (Å²) in [6, 6.07) is 4.20. The smallest absolute Gasteiger partial charge is 0.326 e. The van der Waals surface area contributed by atoms with Crippen molar-refractivity contribution in [2.75, 3.05) is 13.2 Å². The van der Waals surface area contributed by atoms with Crippen molar-refractivity contribution in [1.29, 1.82) is 0 Å². The van der Waals surface area contributed by atoms with Crippen LogP contribution in [0.5, 0.6) is 5.75 Å². The molecule has 2 atom stereocenters. The van der Waals surface area contributed by atoms with Crippen molar-refractivity contribution in [2.24, 2.45) is 11.0 Å². The van der Waals surface area contributed by atoms with Crippen molar-refractivity contribution in [3.8, 4) is 5.75 Å². The number of rotatable bonds is 11. The largest absolute Gasteiger partial charge is 0.486 e. The zero-order valence-corrected chi connectivity index (χ0v) is 15.1. The van der Waals surface area contributed by atoms with Crippen LogP contribution in [-0.4, -0.2) is 58.6 Å². The number of aliphatic carboxylic acids is 1. The minimum absolute atomic E-state index is 0.0197. The topological polar surface area (TPSA) is 165 Å². The summed E-state index contributed by atoms with van der Waals surface area (Å²) >= 11 is 0. The lowest BCUT2D eigenvalue weighted by molar-refractivity contribution is -0.142. The Morgan fingerprint density at radius 2 is 1.81 bits per heavy atom. The molecule has 1 unspecified atom stereocenters. The lowest BCUT2D eigenvalue weighted by Crippen LogP contribution is -2.47. The lowest BCUT2D eigenvalue weighted by Gasteiger charge is -2.20. The van der Waals surface area contributed by atoms with Crippen molar-refractivity contribution < 1.29 is 29.6 Å². The van der Waals surface area contributed by atoms with Crippen LogP contribution in [0.3, 0.4) is 0 Å². The highest BCUT2D eigenvalue weighted by Crippen LogP contribution is 2.16. The predicted octanol–water partition coefficient (Wildman–Crippen LogP) is 0.865. The van der Waals surface area contributed by atoms with Crippen LogP contribution in [0.25, 0.3) is 10.4 Å². The average molecular weight is 380 g/mol. The monoisotopic (exact) mass is 380 g/mol. The zero-order valence-electron chi connectivity index (χ0n) is 15.1. The molecule has 0 aromatic heterocycles. The molecular formula is C17H24N4O6. The van der Waals surface area contributed by atoms with E-state index in [2.05, 4.69) is 15.3 Å². The van der Waals surface area contributed by atoms with Gasteiger partial charge >= 0.3 is 5.97 Å². The second-order valence-electron chi connectivity index (χ2n) is 6.25. The molecule has 0 aliphatic rings. The van der Waals surface area contributed by atoms with Gasteiger partial charge in [-0.3, -0.25) is 4.79 Å². The van der Waals surface area contributed by atoms with Gasteiger partial charge in [0.2, 0.25) is 5.91 Å². The van der Waals surface area contributed by atoms with Gasteiger partial charge in [-0.2, -0.15) is 0 Å². The SMILES string of the molecule is CC(C)[C@H](N=[N+]=[N-])C(=O)NC(Cc1ccc(OC(CO)CO)cc1)C(=O)O. The summed E-state index contributed by atoms with van der Waals surface area (Å²) in [6.45, 7) is 2.71. The van der Waals surface area contributed by atoms with Crippen LogP contribution in [-0.2, 0) is 16.0 Å². The molecule has 10 heteroatoms. The Labute approximate surface area is 156 Å². The van der Waals surface area contributed by atoms with Crippen LogP contribution in [0.4, 0.5) is 0 Å². The van der Waals surface area contributed by atoms with E-state index in [1.807, 2.05) is 0 Å². The van der Waals surface area contributed by atoms with E-state index >= 15 is 0 Å². The van der Waals surface area contributed by atoms with Crippen LogP contribution in [0.1, 0.15) is 19.4 Å². The Balaban J connectivity index is 2.81. The summed E-state index contributed by atoms with van der Waals surface area (Å²) in [6.07, 6.45) is -0.721. The first kappa shape index (κ1) is 22.2. The fraction of sp³-hybridized carbons (Fsp3) is 0.529. The maximum Gasteiger partial charge on any atom is 0.326 e. The molecule has 1 rings (SSSR count). The maximum absolute atomic E-state index is 12.2. The normalized spacial score (nSPS) is 13.0. The Kier molecular flexibility index (Phi) is 9.07. The molecule has 0 aliphatic carbocycles. The zero-order chi connectivity index (χ0) is 20.4. The lowest BCUT2D eigenvalue weighted by atomic mass is 10.0. The minimum atomic E-state index is -1.22. The van der Waals surface area contributed by atoms with Gasteiger partial charge in [0.1, 0.15) is 23.9 Å². The van der Waals surface area contributed by atoms with E-state index in [0.717, 1.165) is 0 Å².